The molecular weight excluding hydrogens is 273 g/mol. The van der Waals surface area contributed by atoms with Gasteiger partial charge in [0.05, 0.1) is 0 Å². The first-order chi connectivity index (χ1) is 10.0. The van der Waals surface area contributed by atoms with Crippen LogP contribution in [0.4, 0.5) is 4.39 Å². The molecule has 1 aliphatic rings. The molecule has 1 aromatic rings. The van der Waals surface area contributed by atoms with Gasteiger partial charge in [0.15, 0.2) is 6.61 Å². The summed E-state index contributed by atoms with van der Waals surface area (Å²) in [6, 6.07) is 6.62. The Hall–Kier alpha value is -1.91. The first-order valence-corrected chi connectivity index (χ1v) is 7.19. The van der Waals surface area contributed by atoms with E-state index in [9.17, 15) is 14.0 Å². The number of carbonyl (C=O) groups excluding carboxylic acids is 2. The zero-order valence-electron chi connectivity index (χ0n) is 12.2. The lowest BCUT2D eigenvalue weighted by Crippen LogP contribution is -2.49. The van der Waals surface area contributed by atoms with Gasteiger partial charge in [0.1, 0.15) is 5.82 Å². The Bertz CT molecular complexity index is 524. The molecule has 1 fully saturated rings. The van der Waals surface area contributed by atoms with Gasteiger partial charge in [-0.2, -0.15) is 0 Å². The summed E-state index contributed by atoms with van der Waals surface area (Å²) < 4.78 is 18.5. The molecule has 1 saturated carbocycles. The Morgan fingerprint density at radius 1 is 1.29 bits per heavy atom. The fraction of sp³-hybridized carbons (Fsp3) is 0.500. The standard InChI is InChI=1S/C16H20FNO3/c1-12(19)21-11-15(20)18-16(8-4-5-9-16)10-13-6-2-3-7-14(13)17/h2-3,6-7H,4-5,8-11H2,1H3,(H,18,20). The molecule has 0 spiro atoms. The average molecular weight is 293 g/mol. The molecule has 2 rings (SSSR count). The molecule has 114 valence electrons. The molecule has 0 atom stereocenters. The fourth-order valence-electron chi connectivity index (χ4n) is 2.90. The number of amides is 1. The Kier molecular flexibility index (Phi) is 4.94. The zero-order chi connectivity index (χ0) is 15.3. The van der Waals surface area contributed by atoms with Crippen LogP contribution in [-0.4, -0.2) is 24.0 Å². The second-order valence-corrected chi connectivity index (χ2v) is 5.58. The van der Waals surface area contributed by atoms with E-state index < -0.39 is 11.5 Å². The van der Waals surface area contributed by atoms with Gasteiger partial charge in [0, 0.05) is 12.5 Å². The van der Waals surface area contributed by atoms with Crippen LogP contribution >= 0.6 is 0 Å². The van der Waals surface area contributed by atoms with Crippen molar-refractivity contribution in [1.29, 1.82) is 0 Å². The molecule has 0 radical (unpaired) electrons. The maximum absolute atomic E-state index is 13.8. The molecule has 1 N–H and O–H groups in total. The summed E-state index contributed by atoms with van der Waals surface area (Å²) in [5.74, 6) is -1.07. The number of benzene rings is 1. The molecule has 4 nitrogen and oxygen atoms in total. The highest BCUT2D eigenvalue weighted by Crippen LogP contribution is 2.33. The fourth-order valence-corrected chi connectivity index (χ4v) is 2.90. The predicted molar refractivity (Wildman–Crippen MR) is 76.1 cm³/mol. The molecule has 0 heterocycles. The minimum absolute atomic E-state index is 0.252. The van der Waals surface area contributed by atoms with Crippen LogP contribution in [0.5, 0.6) is 0 Å². The molecule has 1 aliphatic carbocycles. The molecule has 1 amide bonds. The van der Waals surface area contributed by atoms with Crippen LogP contribution in [0.15, 0.2) is 24.3 Å². The SMILES string of the molecule is CC(=O)OCC(=O)NC1(Cc2ccccc2F)CCCC1. The molecule has 0 saturated heterocycles. The number of nitrogens with one attached hydrogen (secondary N) is 1. The second-order valence-electron chi connectivity index (χ2n) is 5.58. The minimum atomic E-state index is -0.486. The maximum Gasteiger partial charge on any atom is 0.303 e. The number of carbonyl (C=O) groups is 2. The highest BCUT2D eigenvalue weighted by molar-refractivity contribution is 5.80. The van der Waals surface area contributed by atoms with Crippen molar-refractivity contribution in [3.8, 4) is 0 Å². The number of esters is 1. The zero-order valence-corrected chi connectivity index (χ0v) is 12.2. The minimum Gasteiger partial charge on any atom is -0.456 e. The van der Waals surface area contributed by atoms with Gasteiger partial charge in [-0.3, -0.25) is 9.59 Å². The van der Waals surface area contributed by atoms with Gasteiger partial charge in [-0.05, 0) is 30.9 Å². The van der Waals surface area contributed by atoms with Crippen LogP contribution < -0.4 is 5.32 Å². The number of ether oxygens (including phenoxy) is 1. The largest absolute Gasteiger partial charge is 0.456 e. The highest BCUT2D eigenvalue weighted by atomic mass is 19.1. The van der Waals surface area contributed by atoms with Gasteiger partial charge >= 0.3 is 5.97 Å². The summed E-state index contributed by atoms with van der Waals surface area (Å²) in [6.45, 7) is 0.978. The van der Waals surface area contributed by atoms with E-state index in [2.05, 4.69) is 5.32 Å². The normalized spacial score (nSPS) is 16.5. The lowest BCUT2D eigenvalue weighted by Gasteiger charge is -2.30. The van der Waals surface area contributed by atoms with Crippen LogP contribution in [0.25, 0.3) is 0 Å². The molecule has 21 heavy (non-hydrogen) atoms. The quantitative estimate of drug-likeness (QED) is 0.848. The van der Waals surface area contributed by atoms with Gasteiger partial charge in [-0.15, -0.1) is 0 Å². The van der Waals surface area contributed by atoms with E-state index in [1.54, 1.807) is 18.2 Å². The van der Waals surface area contributed by atoms with E-state index in [4.69, 9.17) is 4.74 Å². The van der Waals surface area contributed by atoms with Crippen LogP contribution in [0, 0.1) is 5.82 Å². The van der Waals surface area contributed by atoms with Gasteiger partial charge in [-0.1, -0.05) is 31.0 Å². The van der Waals surface area contributed by atoms with Gasteiger partial charge < -0.3 is 10.1 Å². The second kappa shape index (κ2) is 6.70. The van der Waals surface area contributed by atoms with Crippen molar-refractivity contribution in [3.63, 3.8) is 0 Å². The number of halogens is 1. The number of hydrogen-bond acceptors (Lipinski definition) is 3. The molecule has 0 aromatic heterocycles. The van der Waals surface area contributed by atoms with Crippen LogP contribution in [0.2, 0.25) is 0 Å². The van der Waals surface area contributed by atoms with Crippen molar-refractivity contribution in [2.45, 2.75) is 44.6 Å². The summed E-state index contributed by atoms with van der Waals surface area (Å²) in [7, 11) is 0. The molecule has 5 heteroatoms. The van der Waals surface area contributed by atoms with E-state index in [1.165, 1.54) is 13.0 Å². The van der Waals surface area contributed by atoms with Crippen molar-refractivity contribution in [1.82, 2.24) is 5.32 Å². The smallest absolute Gasteiger partial charge is 0.303 e. The maximum atomic E-state index is 13.8. The average Bonchev–Trinajstić information content (AvgIpc) is 2.87. The summed E-state index contributed by atoms with van der Waals surface area (Å²) in [5.41, 5.74) is 0.173. The van der Waals surface area contributed by atoms with Crippen LogP contribution in [-0.2, 0) is 20.7 Å². The number of rotatable bonds is 5. The van der Waals surface area contributed by atoms with E-state index in [-0.39, 0.29) is 18.3 Å². The van der Waals surface area contributed by atoms with Crippen molar-refractivity contribution in [2.75, 3.05) is 6.61 Å². The Labute approximate surface area is 123 Å². The van der Waals surface area contributed by atoms with Gasteiger partial charge in [-0.25, -0.2) is 4.39 Å². The third-order valence-electron chi connectivity index (χ3n) is 3.86. The Morgan fingerprint density at radius 3 is 2.57 bits per heavy atom. The summed E-state index contributed by atoms with van der Waals surface area (Å²) in [5, 5.41) is 2.94. The summed E-state index contributed by atoms with van der Waals surface area (Å²) >= 11 is 0. The molecule has 0 aliphatic heterocycles. The van der Waals surface area contributed by atoms with Crippen LogP contribution in [0.3, 0.4) is 0 Å². The summed E-state index contributed by atoms with van der Waals surface area (Å²) in [4.78, 5) is 22.7. The van der Waals surface area contributed by atoms with Crippen molar-refractivity contribution in [3.05, 3.63) is 35.6 Å². The Balaban J connectivity index is 2.05. The van der Waals surface area contributed by atoms with E-state index >= 15 is 0 Å². The lowest BCUT2D eigenvalue weighted by atomic mass is 9.88. The predicted octanol–water partition coefficient (Wildman–Crippen LogP) is 2.36. The van der Waals surface area contributed by atoms with Crippen molar-refractivity contribution >= 4 is 11.9 Å². The van der Waals surface area contributed by atoms with E-state index in [1.807, 2.05) is 0 Å². The lowest BCUT2D eigenvalue weighted by molar-refractivity contribution is -0.147. The van der Waals surface area contributed by atoms with Gasteiger partial charge in [0.25, 0.3) is 5.91 Å². The first-order valence-electron chi connectivity index (χ1n) is 7.19. The Morgan fingerprint density at radius 2 is 1.95 bits per heavy atom. The third-order valence-corrected chi connectivity index (χ3v) is 3.86. The monoisotopic (exact) mass is 293 g/mol. The van der Waals surface area contributed by atoms with Crippen LogP contribution in [0.1, 0.15) is 38.2 Å². The van der Waals surface area contributed by atoms with Gasteiger partial charge in [0.2, 0.25) is 0 Å². The van der Waals surface area contributed by atoms with E-state index in [0.29, 0.717) is 12.0 Å². The van der Waals surface area contributed by atoms with E-state index in [0.717, 1.165) is 25.7 Å². The third kappa shape index (κ3) is 4.28. The summed E-state index contributed by atoms with van der Waals surface area (Å²) in [6.07, 6.45) is 4.09. The first kappa shape index (κ1) is 15.5. The topological polar surface area (TPSA) is 55.4 Å². The molecule has 1 aromatic carbocycles. The number of hydrogen-bond donors (Lipinski definition) is 1. The van der Waals surface area contributed by atoms with Crippen molar-refractivity contribution in [2.24, 2.45) is 0 Å². The van der Waals surface area contributed by atoms with Crippen molar-refractivity contribution < 1.29 is 18.7 Å². The molecule has 0 unspecified atom stereocenters. The molecule has 0 bridgehead atoms. The highest BCUT2D eigenvalue weighted by Gasteiger charge is 2.36. The molecular formula is C16H20FNO3.